The molecular formula is C19H24O4S. The fraction of sp³-hybridized carbons (Fsp3) is 0.368. The van der Waals surface area contributed by atoms with Crippen LogP contribution in [0.3, 0.4) is 0 Å². The molecule has 0 aliphatic rings. The lowest BCUT2D eigenvalue weighted by molar-refractivity contribution is 0.125. The Balaban J connectivity index is 1.94. The molecule has 5 heteroatoms. The van der Waals surface area contributed by atoms with Crippen LogP contribution >= 0.6 is 0 Å². The van der Waals surface area contributed by atoms with Gasteiger partial charge in [0.1, 0.15) is 18.5 Å². The van der Waals surface area contributed by atoms with E-state index in [-0.39, 0.29) is 18.1 Å². The van der Waals surface area contributed by atoms with Gasteiger partial charge in [0.25, 0.3) is 0 Å². The van der Waals surface area contributed by atoms with E-state index in [2.05, 4.69) is 0 Å². The molecule has 0 fully saturated rings. The van der Waals surface area contributed by atoms with Gasteiger partial charge in [0, 0.05) is 0 Å². The van der Waals surface area contributed by atoms with Gasteiger partial charge in [0.15, 0.2) is 9.84 Å². The van der Waals surface area contributed by atoms with Gasteiger partial charge in [-0.2, -0.15) is 0 Å². The second-order valence-corrected chi connectivity index (χ2v) is 8.31. The molecule has 0 heterocycles. The summed E-state index contributed by atoms with van der Waals surface area (Å²) in [6, 6.07) is 13.1. The lowest BCUT2D eigenvalue weighted by atomic mass is 10.1. The van der Waals surface area contributed by atoms with Gasteiger partial charge in [-0.1, -0.05) is 35.9 Å². The Morgan fingerprint density at radius 2 is 1.58 bits per heavy atom. The van der Waals surface area contributed by atoms with E-state index in [1.807, 2.05) is 51.1 Å². The molecule has 2 aromatic rings. The third-order valence-corrected chi connectivity index (χ3v) is 5.54. The number of aliphatic hydroxyl groups is 1. The van der Waals surface area contributed by atoms with Crippen molar-refractivity contribution >= 4 is 9.84 Å². The standard InChI is InChI=1S/C19H24O4S/c1-14-7-9-18(10-8-14)23-11-17(20)12-24(21,22)13-19-15(2)5-4-6-16(19)3/h4-10,17,20H,11-13H2,1-3H3. The van der Waals surface area contributed by atoms with E-state index in [0.717, 1.165) is 22.3 Å². The Morgan fingerprint density at radius 1 is 1.00 bits per heavy atom. The second kappa shape index (κ2) is 7.81. The molecule has 0 aliphatic carbocycles. The Labute approximate surface area is 144 Å². The van der Waals surface area contributed by atoms with Crippen LogP contribution in [-0.2, 0) is 15.6 Å². The van der Waals surface area contributed by atoms with Gasteiger partial charge < -0.3 is 9.84 Å². The van der Waals surface area contributed by atoms with Crippen LogP contribution in [0.2, 0.25) is 0 Å². The fourth-order valence-electron chi connectivity index (χ4n) is 2.52. The number of ether oxygens (including phenoxy) is 1. The highest BCUT2D eigenvalue weighted by molar-refractivity contribution is 7.90. The summed E-state index contributed by atoms with van der Waals surface area (Å²) in [5.41, 5.74) is 3.82. The van der Waals surface area contributed by atoms with Crippen LogP contribution in [0.4, 0.5) is 0 Å². The van der Waals surface area contributed by atoms with Crippen LogP contribution in [-0.4, -0.2) is 32.0 Å². The largest absolute Gasteiger partial charge is 0.491 e. The summed E-state index contributed by atoms with van der Waals surface area (Å²) in [4.78, 5) is 0. The van der Waals surface area contributed by atoms with E-state index in [9.17, 15) is 13.5 Å². The Morgan fingerprint density at radius 3 is 2.17 bits per heavy atom. The van der Waals surface area contributed by atoms with Gasteiger partial charge in [0.2, 0.25) is 0 Å². The molecule has 1 N–H and O–H groups in total. The smallest absolute Gasteiger partial charge is 0.157 e. The van der Waals surface area contributed by atoms with E-state index in [1.165, 1.54) is 0 Å². The molecule has 1 unspecified atom stereocenters. The Bertz CT molecular complexity index is 759. The number of rotatable bonds is 7. The van der Waals surface area contributed by atoms with Crippen LogP contribution in [0, 0.1) is 20.8 Å². The van der Waals surface area contributed by atoms with Crippen molar-refractivity contribution in [2.45, 2.75) is 32.6 Å². The van der Waals surface area contributed by atoms with E-state index in [4.69, 9.17) is 4.74 Å². The third-order valence-electron chi connectivity index (χ3n) is 3.92. The zero-order valence-corrected chi connectivity index (χ0v) is 15.1. The lowest BCUT2D eigenvalue weighted by Gasteiger charge is -2.14. The first kappa shape index (κ1) is 18.5. The number of aliphatic hydroxyl groups excluding tert-OH is 1. The van der Waals surface area contributed by atoms with Crippen molar-refractivity contribution in [1.82, 2.24) is 0 Å². The maximum atomic E-state index is 12.4. The maximum absolute atomic E-state index is 12.4. The minimum Gasteiger partial charge on any atom is -0.491 e. The fourth-order valence-corrected chi connectivity index (χ4v) is 4.22. The molecule has 0 aliphatic heterocycles. The summed E-state index contributed by atoms with van der Waals surface area (Å²) in [5.74, 6) is 0.242. The van der Waals surface area contributed by atoms with Gasteiger partial charge >= 0.3 is 0 Å². The summed E-state index contributed by atoms with van der Waals surface area (Å²) in [7, 11) is -3.42. The minimum atomic E-state index is -3.42. The highest BCUT2D eigenvalue weighted by Gasteiger charge is 2.20. The van der Waals surface area contributed by atoms with E-state index in [1.54, 1.807) is 12.1 Å². The van der Waals surface area contributed by atoms with Crippen molar-refractivity contribution in [1.29, 1.82) is 0 Å². The molecule has 0 bridgehead atoms. The SMILES string of the molecule is Cc1ccc(OCC(O)CS(=O)(=O)Cc2c(C)cccc2C)cc1. The first-order valence-corrected chi connectivity index (χ1v) is 9.72. The minimum absolute atomic E-state index is 0.0466. The number of hydrogen-bond acceptors (Lipinski definition) is 4. The summed E-state index contributed by atoms with van der Waals surface area (Å²) in [6.45, 7) is 5.72. The number of hydrogen-bond donors (Lipinski definition) is 1. The molecule has 0 spiro atoms. The predicted octanol–water partition coefficient (Wildman–Crippen LogP) is 2.97. The summed E-state index contributed by atoms with van der Waals surface area (Å²) < 4.78 is 30.2. The molecule has 130 valence electrons. The number of aryl methyl sites for hydroxylation is 3. The van der Waals surface area contributed by atoms with Gasteiger partial charge in [-0.25, -0.2) is 8.42 Å². The van der Waals surface area contributed by atoms with Crippen LogP contribution < -0.4 is 4.74 Å². The zero-order chi connectivity index (χ0) is 17.7. The van der Waals surface area contributed by atoms with Crippen molar-refractivity contribution < 1.29 is 18.3 Å². The van der Waals surface area contributed by atoms with Crippen LogP contribution in [0.15, 0.2) is 42.5 Å². The summed E-state index contributed by atoms with van der Waals surface area (Å²) in [5, 5.41) is 10.0. The van der Waals surface area contributed by atoms with Crippen LogP contribution in [0.5, 0.6) is 5.75 Å². The summed E-state index contributed by atoms with van der Waals surface area (Å²) >= 11 is 0. The molecule has 0 radical (unpaired) electrons. The van der Waals surface area contributed by atoms with E-state index < -0.39 is 15.9 Å². The molecule has 0 saturated carbocycles. The van der Waals surface area contributed by atoms with Crippen molar-refractivity contribution in [2.24, 2.45) is 0 Å². The molecule has 2 rings (SSSR count). The monoisotopic (exact) mass is 348 g/mol. The van der Waals surface area contributed by atoms with E-state index in [0.29, 0.717) is 5.75 Å². The average molecular weight is 348 g/mol. The Hall–Kier alpha value is -1.85. The quantitative estimate of drug-likeness (QED) is 0.835. The molecule has 4 nitrogen and oxygen atoms in total. The van der Waals surface area contributed by atoms with Crippen molar-refractivity contribution in [2.75, 3.05) is 12.4 Å². The van der Waals surface area contributed by atoms with Gasteiger partial charge in [0.05, 0.1) is 11.5 Å². The highest BCUT2D eigenvalue weighted by Crippen LogP contribution is 2.18. The highest BCUT2D eigenvalue weighted by atomic mass is 32.2. The number of sulfone groups is 1. The Kier molecular flexibility index (Phi) is 6.02. The molecule has 0 saturated heterocycles. The third kappa shape index (κ3) is 5.35. The molecule has 2 aromatic carbocycles. The number of benzene rings is 2. The zero-order valence-electron chi connectivity index (χ0n) is 14.3. The van der Waals surface area contributed by atoms with Crippen LogP contribution in [0.25, 0.3) is 0 Å². The molecule has 1 atom stereocenters. The van der Waals surface area contributed by atoms with E-state index >= 15 is 0 Å². The maximum Gasteiger partial charge on any atom is 0.157 e. The second-order valence-electron chi connectivity index (χ2n) is 6.20. The van der Waals surface area contributed by atoms with Gasteiger partial charge in [-0.3, -0.25) is 0 Å². The topological polar surface area (TPSA) is 63.6 Å². The predicted molar refractivity (Wildman–Crippen MR) is 96.1 cm³/mol. The average Bonchev–Trinajstić information content (AvgIpc) is 2.50. The normalized spacial score (nSPS) is 12.8. The van der Waals surface area contributed by atoms with Crippen molar-refractivity contribution in [3.8, 4) is 5.75 Å². The van der Waals surface area contributed by atoms with Crippen molar-refractivity contribution in [3.63, 3.8) is 0 Å². The molecule has 24 heavy (non-hydrogen) atoms. The lowest BCUT2D eigenvalue weighted by Crippen LogP contribution is -2.28. The van der Waals surface area contributed by atoms with Crippen molar-refractivity contribution in [3.05, 3.63) is 64.7 Å². The van der Waals surface area contributed by atoms with Gasteiger partial charge in [-0.05, 0) is 49.6 Å². The van der Waals surface area contributed by atoms with Gasteiger partial charge in [-0.15, -0.1) is 0 Å². The molecule has 0 aromatic heterocycles. The summed E-state index contributed by atoms with van der Waals surface area (Å²) in [6.07, 6.45) is -1.05. The molecular weight excluding hydrogens is 324 g/mol. The first-order valence-electron chi connectivity index (χ1n) is 7.90. The molecule has 0 amide bonds. The first-order chi connectivity index (χ1) is 11.3. The van der Waals surface area contributed by atoms with Crippen LogP contribution in [0.1, 0.15) is 22.3 Å².